The van der Waals surface area contributed by atoms with E-state index in [0.717, 1.165) is 18.5 Å². The third-order valence-corrected chi connectivity index (χ3v) is 6.19. The highest BCUT2D eigenvalue weighted by atomic mass is 35.5. The second kappa shape index (κ2) is 7.17. The Bertz CT molecular complexity index is 1150. The quantitative estimate of drug-likeness (QED) is 0.572. The molecule has 0 unspecified atom stereocenters. The third kappa shape index (κ3) is 3.53. The minimum absolute atomic E-state index is 0.00229. The summed E-state index contributed by atoms with van der Waals surface area (Å²) in [5.74, 6) is -1.08. The van der Waals surface area contributed by atoms with Crippen molar-refractivity contribution in [3.05, 3.63) is 46.5 Å². The molecule has 9 heteroatoms. The summed E-state index contributed by atoms with van der Waals surface area (Å²) >= 11 is 6.23. The fourth-order valence-electron chi connectivity index (χ4n) is 4.10. The molecule has 1 aromatic carbocycles. The lowest BCUT2D eigenvalue weighted by molar-refractivity contribution is -0.0548. The Balaban J connectivity index is 1.61. The lowest BCUT2D eigenvalue weighted by atomic mass is 9.77. The van der Waals surface area contributed by atoms with Gasteiger partial charge in [-0.15, -0.1) is 0 Å². The molecule has 2 aromatic heterocycles. The minimum Gasteiger partial charge on any atom is -0.459 e. The number of halogens is 2. The topological polar surface area (TPSA) is 90.4 Å². The number of carbonyl (C=O) groups is 1. The average Bonchev–Trinajstić information content (AvgIpc) is 3.26. The molecular weight excluding hydrogens is 425 g/mol. The van der Waals surface area contributed by atoms with Crippen LogP contribution in [0.3, 0.4) is 0 Å². The van der Waals surface area contributed by atoms with Crippen LogP contribution in [0.5, 0.6) is 0 Å². The largest absolute Gasteiger partial charge is 0.459 e. The number of aromatic nitrogens is 3. The maximum Gasteiger partial charge on any atom is 0.344 e. The second-order valence-electron chi connectivity index (χ2n) is 8.58. The first kappa shape index (κ1) is 20.2. The van der Waals surface area contributed by atoms with E-state index in [4.69, 9.17) is 20.9 Å². The summed E-state index contributed by atoms with van der Waals surface area (Å²) in [6.07, 6.45) is 4.18. The number of rotatable bonds is 5. The molecule has 162 valence electrons. The molecular formula is C22H21ClFN3O4. The van der Waals surface area contributed by atoms with Gasteiger partial charge in [0.1, 0.15) is 23.2 Å². The van der Waals surface area contributed by atoms with Gasteiger partial charge in [-0.2, -0.15) is 5.10 Å². The molecule has 3 aromatic rings. The Morgan fingerprint density at radius 2 is 2.13 bits per heavy atom. The predicted molar refractivity (Wildman–Crippen MR) is 110 cm³/mol. The fourth-order valence-corrected chi connectivity index (χ4v) is 4.35. The number of esters is 1. The fraction of sp³-hybridized carbons (Fsp3) is 0.409. The monoisotopic (exact) mass is 445 g/mol. The van der Waals surface area contributed by atoms with Crippen LogP contribution in [-0.4, -0.2) is 37.7 Å². The highest BCUT2D eigenvalue weighted by Crippen LogP contribution is 2.44. The lowest BCUT2D eigenvalue weighted by Crippen LogP contribution is -2.42. The van der Waals surface area contributed by atoms with E-state index in [1.807, 2.05) is 11.6 Å². The molecule has 0 aliphatic heterocycles. The van der Waals surface area contributed by atoms with Crippen LogP contribution in [0.25, 0.3) is 22.6 Å². The number of hydrogen-bond donors (Lipinski definition) is 1. The molecule has 0 spiro atoms. The van der Waals surface area contributed by atoms with Crippen LogP contribution in [0.1, 0.15) is 54.7 Å². The van der Waals surface area contributed by atoms with Gasteiger partial charge in [-0.3, -0.25) is 4.68 Å². The van der Waals surface area contributed by atoms with Crippen LogP contribution >= 0.6 is 11.6 Å². The Morgan fingerprint density at radius 3 is 2.77 bits per heavy atom. The van der Waals surface area contributed by atoms with Gasteiger partial charge in [-0.1, -0.05) is 22.8 Å². The summed E-state index contributed by atoms with van der Waals surface area (Å²) in [7, 11) is 0. The third-order valence-electron chi connectivity index (χ3n) is 5.88. The van der Waals surface area contributed by atoms with Crippen molar-refractivity contribution in [1.29, 1.82) is 0 Å². The van der Waals surface area contributed by atoms with Gasteiger partial charge in [0.2, 0.25) is 0 Å². The van der Waals surface area contributed by atoms with Crippen LogP contribution in [0.2, 0.25) is 5.02 Å². The van der Waals surface area contributed by atoms with Gasteiger partial charge in [-0.05, 0) is 51.7 Å². The SMILES string of the molecule is Cc1c(-c2onc(-c3c(F)cccc3Cl)c2C(=O)OC2CC2)cnn1[C@H]1C[C@@](C)(O)C1. The van der Waals surface area contributed by atoms with Crippen molar-refractivity contribution in [2.75, 3.05) is 0 Å². The summed E-state index contributed by atoms with van der Waals surface area (Å²) in [6, 6.07) is 4.30. The van der Waals surface area contributed by atoms with Gasteiger partial charge in [0, 0.05) is 5.69 Å². The van der Waals surface area contributed by atoms with Crippen LogP contribution in [0.4, 0.5) is 4.39 Å². The molecule has 0 amide bonds. The molecule has 2 fully saturated rings. The van der Waals surface area contributed by atoms with Crippen LogP contribution in [0, 0.1) is 12.7 Å². The molecule has 2 saturated carbocycles. The highest BCUT2D eigenvalue weighted by molar-refractivity contribution is 6.33. The first-order chi connectivity index (χ1) is 14.7. The molecule has 0 radical (unpaired) electrons. The maximum absolute atomic E-state index is 14.6. The molecule has 0 bridgehead atoms. The van der Waals surface area contributed by atoms with Crippen LogP contribution in [0.15, 0.2) is 28.9 Å². The Kier molecular flexibility index (Phi) is 4.67. The lowest BCUT2D eigenvalue weighted by Gasteiger charge is -2.41. The normalized spacial score (nSPS) is 22.9. The summed E-state index contributed by atoms with van der Waals surface area (Å²) in [5, 5.41) is 18.6. The van der Waals surface area contributed by atoms with Crippen molar-refractivity contribution in [2.45, 2.75) is 57.3 Å². The van der Waals surface area contributed by atoms with E-state index in [0.29, 0.717) is 18.4 Å². The zero-order valence-corrected chi connectivity index (χ0v) is 17.8. The molecule has 7 nitrogen and oxygen atoms in total. The zero-order valence-electron chi connectivity index (χ0n) is 17.1. The summed E-state index contributed by atoms with van der Waals surface area (Å²) < 4.78 is 27.5. The molecule has 0 atom stereocenters. The van der Waals surface area contributed by atoms with Crippen molar-refractivity contribution in [3.63, 3.8) is 0 Å². The van der Waals surface area contributed by atoms with E-state index in [1.165, 1.54) is 18.2 Å². The summed E-state index contributed by atoms with van der Waals surface area (Å²) in [6.45, 7) is 3.64. The van der Waals surface area contributed by atoms with Crippen molar-refractivity contribution < 1.29 is 23.6 Å². The van der Waals surface area contributed by atoms with E-state index >= 15 is 0 Å². The van der Waals surface area contributed by atoms with Gasteiger partial charge in [0.15, 0.2) is 5.76 Å². The summed E-state index contributed by atoms with van der Waals surface area (Å²) in [5.41, 5.74) is 0.624. The van der Waals surface area contributed by atoms with Crippen LogP contribution < -0.4 is 0 Å². The predicted octanol–water partition coefficient (Wildman–Crippen LogP) is 4.71. The van der Waals surface area contributed by atoms with E-state index in [9.17, 15) is 14.3 Å². The van der Waals surface area contributed by atoms with Crippen LogP contribution in [-0.2, 0) is 4.74 Å². The number of ether oxygens (including phenoxy) is 1. The summed E-state index contributed by atoms with van der Waals surface area (Å²) in [4.78, 5) is 13.0. The first-order valence-corrected chi connectivity index (χ1v) is 10.5. The van der Waals surface area contributed by atoms with Gasteiger partial charge in [0.05, 0.1) is 34.0 Å². The molecule has 2 aliphatic rings. The van der Waals surface area contributed by atoms with E-state index < -0.39 is 17.4 Å². The average molecular weight is 446 g/mol. The van der Waals surface area contributed by atoms with Gasteiger partial charge < -0.3 is 14.4 Å². The Labute approximate surface area is 182 Å². The molecule has 2 heterocycles. The number of benzene rings is 1. The van der Waals surface area contributed by atoms with Gasteiger partial charge in [-0.25, -0.2) is 9.18 Å². The number of carbonyl (C=O) groups excluding carboxylic acids is 1. The number of aliphatic hydroxyl groups is 1. The molecule has 31 heavy (non-hydrogen) atoms. The molecule has 1 N–H and O–H groups in total. The molecule has 2 aliphatic carbocycles. The Hall–Kier alpha value is -2.71. The van der Waals surface area contributed by atoms with Crippen molar-refractivity contribution in [1.82, 2.24) is 14.9 Å². The number of nitrogens with zero attached hydrogens (tertiary/aromatic N) is 3. The van der Waals surface area contributed by atoms with Gasteiger partial charge in [0.25, 0.3) is 0 Å². The second-order valence-corrected chi connectivity index (χ2v) is 8.99. The highest BCUT2D eigenvalue weighted by Gasteiger charge is 2.41. The van der Waals surface area contributed by atoms with Crippen molar-refractivity contribution >= 4 is 17.6 Å². The standard InChI is InChI=1S/C22H21ClFN3O4/c1-11-14(10-25-27(11)12-8-22(2,29)9-12)20-18(21(28)30-13-6-7-13)19(26-31-20)17-15(23)4-3-5-16(17)24/h3-5,10,12-13,29H,6-9H2,1-2H3/t12-,22+. The van der Waals surface area contributed by atoms with Crippen molar-refractivity contribution in [2.24, 2.45) is 0 Å². The van der Waals surface area contributed by atoms with E-state index in [2.05, 4.69) is 10.3 Å². The smallest absolute Gasteiger partial charge is 0.344 e. The molecule has 0 saturated heterocycles. The first-order valence-electron chi connectivity index (χ1n) is 10.2. The Morgan fingerprint density at radius 1 is 1.39 bits per heavy atom. The van der Waals surface area contributed by atoms with Gasteiger partial charge >= 0.3 is 5.97 Å². The van der Waals surface area contributed by atoms with E-state index in [1.54, 1.807) is 13.1 Å². The number of hydrogen-bond acceptors (Lipinski definition) is 6. The minimum atomic E-state index is -0.705. The van der Waals surface area contributed by atoms with Crippen molar-refractivity contribution in [3.8, 4) is 22.6 Å². The zero-order chi connectivity index (χ0) is 21.9. The molecule has 5 rings (SSSR count). The van der Waals surface area contributed by atoms with E-state index in [-0.39, 0.29) is 39.7 Å². The maximum atomic E-state index is 14.6.